The predicted molar refractivity (Wildman–Crippen MR) is 30.1 cm³/mol. The van der Waals surface area contributed by atoms with Gasteiger partial charge in [0.25, 0.3) is 0 Å². The Morgan fingerprint density at radius 1 is 1.43 bits per heavy atom. The van der Waals surface area contributed by atoms with Crippen molar-refractivity contribution >= 4 is 7.68 Å². The van der Waals surface area contributed by atoms with Gasteiger partial charge in [0.05, 0.1) is 0 Å². The van der Waals surface area contributed by atoms with Gasteiger partial charge < -0.3 is 0 Å². The van der Waals surface area contributed by atoms with E-state index in [1.807, 2.05) is 0 Å². The molecule has 42 valence electrons. The van der Waals surface area contributed by atoms with Gasteiger partial charge in [0.1, 0.15) is 0 Å². The Balaban J connectivity index is 4.21. The van der Waals surface area contributed by atoms with E-state index < -0.39 is 7.68 Å². The van der Waals surface area contributed by atoms with Crippen LogP contribution in [0.2, 0.25) is 19.6 Å². The molecule has 0 N–H and O–H groups in total. The zero-order valence-corrected chi connectivity index (χ0v) is 5.83. The van der Waals surface area contributed by atoms with Crippen molar-refractivity contribution in [2.75, 3.05) is 0 Å². The number of hydrogen-bond donors (Lipinski definition) is 0. The Labute approximate surface area is 43.4 Å². The second kappa shape index (κ2) is 1.07. The number of nitriles is 1. The van der Waals surface area contributed by atoms with Crippen LogP contribution in [0.1, 0.15) is 0 Å². The molecule has 0 spiro atoms. The minimum atomic E-state index is -3.48. The number of rotatable bonds is 0. The Bertz CT molecular complexity index is 107. The van der Waals surface area contributed by atoms with Crippen molar-refractivity contribution in [2.24, 2.45) is 0 Å². The van der Waals surface area contributed by atoms with Gasteiger partial charge in [-0.3, -0.25) is 0 Å². The van der Waals surface area contributed by atoms with Crippen molar-refractivity contribution in [3.63, 3.8) is 0 Å². The minimum absolute atomic E-state index is 1.39. The maximum absolute atomic E-state index is 12.6. The number of hydrogen-bond acceptors (Lipinski definition) is 1. The molecule has 0 heterocycles. The van der Waals surface area contributed by atoms with Crippen LogP contribution in [-0.4, -0.2) is 7.68 Å². The van der Waals surface area contributed by atoms with Gasteiger partial charge in [-0.15, -0.1) is 0 Å². The molecule has 0 aromatic carbocycles. The van der Waals surface area contributed by atoms with Gasteiger partial charge in [0, 0.05) is 0 Å². The summed E-state index contributed by atoms with van der Waals surface area (Å²) in [7, 11) is -3.48. The van der Waals surface area contributed by atoms with Gasteiger partial charge >= 0.3 is 42.4 Å². The zero-order chi connectivity index (χ0) is 6.15. The molecule has 0 saturated carbocycles. The van der Waals surface area contributed by atoms with E-state index in [4.69, 9.17) is 5.26 Å². The number of halogens is 1. The third-order valence-corrected chi connectivity index (χ3v) is 1.13. The molecule has 0 rings (SSSR count). The molecule has 0 saturated heterocycles. The maximum atomic E-state index is 12.6. The van der Waals surface area contributed by atoms with Crippen molar-refractivity contribution in [3.8, 4) is 5.69 Å². The van der Waals surface area contributed by atoms with Crippen LogP contribution in [0, 0.1) is 11.0 Å². The quantitative estimate of drug-likeness (QED) is 0.351. The fourth-order valence-electron chi connectivity index (χ4n) is 0. The van der Waals surface area contributed by atoms with Crippen molar-refractivity contribution in [3.05, 3.63) is 0 Å². The summed E-state index contributed by atoms with van der Waals surface area (Å²) in [5.41, 5.74) is 1.67. The molecular formula is C4H9FNSi-. The Morgan fingerprint density at radius 3 is 1.57 bits per heavy atom. The summed E-state index contributed by atoms with van der Waals surface area (Å²) in [6.07, 6.45) is 0. The van der Waals surface area contributed by atoms with Gasteiger partial charge in [-0.1, -0.05) is 0 Å². The van der Waals surface area contributed by atoms with Gasteiger partial charge in [-0.25, -0.2) is 0 Å². The van der Waals surface area contributed by atoms with E-state index in [9.17, 15) is 4.11 Å². The third-order valence-electron chi connectivity index (χ3n) is 0.378. The molecule has 0 aromatic rings. The molecule has 3 heteroatoms. The second-order valence-electron chi connectivity index (χ2n) is 3.02. The molecule has 0 fully saturated rings. The summed E-state index contributed by atoms with van der Waals surface area (Å²) < 4.78 is 12.6. The summed E-state index contributed by atoms with van der Waals surface area (Å²) in [4.78, 5) is 0. The molecule has 0 aliphatic heterocycles. The predicted octanol–water partition coefficient (Wildman–Crippen LogP) is 1.81. The first kappa shape index (κ1) is 6.64. The summed E-state index contributed by atoms with van der Waals surface area (Å²) in [6, 6.07) is 0. The average Bonchev–Trinajstić information content (AvgIpc) is 1.32. The summed E-state index contributed by atoms with van der Waals surface area (Å²) in [5.74, 6) is 0. The zero-order valence-electron chi connectivity index (χ0n) is 4.83. The van der Waals surface area contributed by atoms with E-state index in [2.05, 4.69) is 0 Å². The van der Waals surface area contributed by atoms with Crippen molar-refractivity contribution in [1.82, 2.24) is 0 Å². The summed E-state index contributed by atoms with van der Waals surface area (Å²) >= 11 is 0. The van der Waals surface area contributed by atoms with Crippen LogP contribution in [0.3, 0.4) is 0 Å². The Morgan fingerprint density at radius 2 is 1.57 bits per heavy atom. The standard InChI is InChI=1S/C4H9FNSi/c1-7(2,3,5)4-6/h1-3H3/q-1. The van der Waals surface area contributed by atoms with E-state index in [1.54, 1.807) is 5.69 Å². The molecule has 0 aromatic heterocycles. The van der Waals surface area contributed by atoms with E-state index in [0.29, 0.717) is 0 Å². The van der Waals surface area contributed by atoms with Crippen LogP contribution >= 0.6 is 0 Å². The van der Waals surface area contributed by atoms with Gasteiger partial charge in [0.2, 0.25) is 0 Å². The fraction of sp³-hybridized carbons (Fsp3) is 0.750. The molecular weight excluding hydrogens is 109 g/mol. The molecule has 1 nitrogen and oxygen atoms in total. The van der Waals surface area contributed by atoms with E-state index in [-0.39, 0.29) is 0 Å². The molecule has 0 radical (unpaired) electrons. The van der Waals surface area contributed by atoms with E-state index >= 15 is 0 Å². The van der Waals surface area contributed by atoms with E-state index in [0.717, 1.165) is 0 Å². The molecule has 0 bridgehead atoms. The molecule has 0 atom stereocenters. The summed E-state index contributed by atoms with van der Waals surface area (Å²) in [6.45, 7) is 4.17. The number of nitrogens with zero attached hydrogens (tertiary/aromatic N) is 1. The normalized spacial score (nSPS) is 16.7. The molecule has 7 heavy (non-hydrogen) atoms. The first-order valence-corrected chi connectivity index (χ1v) is 6.04. The van der Waals surface area contributed by atoms with Gasteiger partial charge in [-0.05, 0) is 0 Å². The monoisotopic (exact) mass is 118 g/mol. The fourth-order valence-corrected chi connectivity index (χ4v) is 0. The summed E-state index contributed by atoms with van der Waals surface area (Å²) in [5, 5.41) is 8.10. The van der Waals surface area contributed by atoms with Gasteiger partial charge in [-0.2, -0.15) is 0 Å². The molecule has 0 aliphatic rings. The average molecular weight is 118 g/mol. The molecule has 0 amide bonds. The van der Waals surface area contributed by atoms with Crippen LogP contribution < -0.4 is 0 Å². The van der Waals surface area contributed by atoms with Crippen LogP contribution in [0.25, 0.3) is 0 Å². The first-order chi connectivity index (χ1) is 2.81. The molecule has 0 unspecified atom stereocenters. The Hall–Kier alpha value is -0.363. The van der Waals surface area contributed by atoms with Crippen LogP contribution in [0.5, 0.6) is 0 Å². The SMILES string of the molecule is C[Si-](C)(C)(F)C#N. The van der Waals surface area contributed by atoms with Crippen molar-refractivity contribution in [2.45, 2.75) is 19.6 Å². The van der Waals surface area contributed by atoms with Crippen LogP contribution in [-0.2, 0) is 0 Å². The van der Waals surface area contributed by atoms with Crippen molar-refractivity contribution < 1.29 is 4.11 Å². The third kappa shape index (κ3) is 5.64. The topological polar surface area (TPSA) is 23.8 Å². The van der Waals surface area contributed by atoms with Crippen LogP contribution in [0.4, 0.5) is 4.11 Å². The van der Waals surface area contributed by atoms with Gasteiger partial charge in [0.15, 0.2) is 0 Å². The van der Waals surface area contributed by atoms with Crippen LogP contribution in [0.15, 0.2) is 0 Å². The first-order valence-electron chi connectivity index (χ1n) is 2.16. The Kier molecular flexibility index (Phi) is 1.02. The molecule has 0 aliphatic carbocycles. The van der Waals surface area contributed by atoms with E-state index in [1.165, 1.54) is 19.6 Å². The second-order valence-corrected chi connectivity index (χ2v) is 9.07. The van der Waals surface area contributed by atoms with Crippen molar-refractivity contribution in [1.29, 1.82) is 5.26 Å².